The summed E-state index contributed by atoms with van der Waals surface area (Å²) in [6.45, 7) is 1.91. The Hall–Kier alpha value is -1.63. The number of nitrogens with one attached hydrogen (secondary N) is 1. The van der Waals surface area contributed by atoms with E-state index < -0.39 is 35.2 Å². The molecule has 1 aromatic rings. The Balaban J connectivity index is 2.84. The van der Waals surface area contributed by atoms with Gasteiger partial charge in [0.1, 0.15) is 5.82 Å². The van der Waals surface area contributed by atoms with Gasteiger partial charge in [0.25, 0.3) is 0 Å². The molecular weight excluding hydrogens is 276 g/mol. The number of carbonyl (C=O) groups excluding carboxylic acids is 1. The van der Waals surface area contributed by atoms with Crippen LogP contribution in [0.5, 0.6) is 0 Å². The molecule has 0 aromatic heterocycles. The second kappa shape index (κ2) is 6.69. The van der Waals surface area contributed by atoms with Gasteiger partial charge in [-0.1, -0.05) is 19.8 Å². The largest absolute Gasteiger partial charge is 0.416 e. The van der Waals surface area contributed by atoms with E-state index in [1.165, 1.54) is 0 Å². The summed E-state index contributed by atoms with van der Waals surface area (Å²) in [5, 5.41) is 2.09. The second-order valence-corrected chi connectivity index (χ2v) is 4.43. The molecule has 0 saturated carbocycles. The molecule has 3 nitrogen and oxygen atoms in total. The zero-order valence-corrected chi connectivity index (χ0v) is 10.9. The molecule has 1 rings (SSSR count). The topological polar surface area (TPSA) is 55.1 Å². The molecule has 3 N–H and O–H groups in total. The summed E-state index contributed by atoms with van der Waals surface area (Å²) in [5.74, 6) is -1.63. The van der Waals surface area contributed by atoms with Gasteiger partial charge in [-0.3, -0.25) is 4.79 Å². The lowest BCUT2D eigenvalue weighted by Gasteiger charge is -2.14. The van der Waals surface area contributed by atoms with Crippen molar-refractivity contribution in [2.75, 3.05) is 5.32 Å². The quantitative estimate of drug-likeness (QED) is 0.818. The highest BCUT2D eigenvalue weighted by atomic mass is 19.4. The Labute approximate surface area is 114 Å². The monoisotopic (exact) mass is 292 g/mol. The lowest BCUT2D eigenvalue weighted by atomic mass is 10.1. The Morgan fingerprint density at radius 1 is 1.40 bits per heavy atom. The van der Waals surface area contributed by atoms with E-state index in [9.17, 15) is 22.4 Å². The first-order chi connectivity index (χ1) is 9.25. The van der Waals surface area contributed by atoms with E-state index in [1.807, 2.05) is 6.92 Å². The standard InChI is InChI=1S/C13H16F4N2O/c1-2-3-4-10(18)12(20)19-11-7-8(13(15,16)17)5-6-9(11)14/h5-7,10H,2-4,18H2,1H3,(H,19,20)/t10-/m0/s1. The van der Waals surface area contributed by atoms with E-state index in [1.54, 1.807) is 0 Å². The fourth-order valence-corrected chi connectivity index (χ4v) is 1.58. The van der Waals surface area contributed by atoms with Crippen molar-refractivity contribution in [2.45, 2.75) is 38.4 Å². The van der Waals surface area contributed by atoms with Crippen LogP contribution in [0.3, 0.4) is 0 Å². The van der Waals surface area contributed by atoms with Gasteiger partial charge in [0.05, 0.1) is 17.3 Å². The molecular formula is C13H16F4N2O. The van der Waals surface area contributed by atoms with Gasteiger partial charge in [-0.25, -0.2) is 4.39 Å². The van der Waals surface area contributed by atoms with Crippen molar-refractivity contribution in [1.29, 1.82) is 0 Å². The zero-order chi connectivity index (χ0) is 15.3. The number of unbranched alkanes of at least 4 members (excludes halogenated alkanes) is 1. The van der Waals surface area contributed by atoms with Crippen molar-refractivity contribution < 1.29 is 22.4 Å². The van der Waals surface area contributed by atoms with Crippen molar-refractivity contribution >= 4 is 11.6 Å². The predicted molar refractivity (Wildman–Crippen MR) is 67.5 cm³/mol. The summed E-state index contributed by atoms with van der Waals surface area (Å²) in [7, 11) is 0. The van der Waals surface area contributed by atoms with Crippen molar-refractivity contribution in [3.05, 3.63) is 29.6 Å². The van der Waals surface area contributed by atoms with Gasteiger partial charge < -0.3 is 11.1 Å². The fourth-order valence-electron chi connectivity index (χ4n) is 1.58. The number of halogens is 4. The predicted octanol–water partition coefficient (Wildman–Crippen LogP) is 3.30. The molecule has 1 aromatic carbocycles. The number of rotatable bonds is 5. The Morgan fingerprint density at radius 2 is 2.05 bits per heavy atom. The minimum Gasteiger partial charge on any atom is -0.322 e. The Morgan fingerprint density at radius 3 is 2.60 bits per heavy atom. The highest BCUT2D eigenvalue weighted by molar-refractivity contribution is 5.94. The van der Waals surface area contributed by atoms with E-state index in [2.05, 4.69) is 5.32 Å². The highest BCUT2D eigenvalue weighted by Crippen LogP contribution is 2.31. The zero-order valence-electron chi connectivity index (χ0n) is 10.9. The normalized spacial score (nSPS) is 13.1. The van der Waals surface area contributed by atoms with Crippen molar-refractivity contribution in [3.63, 3.8) is 0 Å². The summed E-state index contributed by atoms with van der Waals surface area (Å²) in [6.07, 6.45) is -2.67. The summed E-state index contributed by atoms with van der Waals surface area (Å²) in [6, 6.07) is 0.960. The fraction of sp³-hybridized carbons (Fsp3) is 0.462. The summed E-state index contributed by atoms with van der Waals surface area (Å²) in [4.78, 5) is 11.6. The van der Waals surface area contributed by atoms with Crippen LogP contribution >= 0.6 is 0 Å². The summed E-state index contributed by atoms with van der Waals surface area (Å²) >= 11 is 0. The highest BCUT2D eigenvalue weighted by Gasteiger charge is 2.31. The van der Waals surface area contributed by atoms with Crippen LogP contribution < -0.4 is 11.1 Å². The average Bonchev–Trinajstić information content (AvgIpc) is 2.37. The molecule has 0 aliphatic heterocycles. The number of carbonyl (C=O) groups is 1. The number of hydrogen-bond acceptors (Lipinski definition) is 2. The minimum absolute atomic E-state index is 0.392. The van der Waals surface area contributed by atoms with Gasteiger partial charge in [-0.15, -0.1) is 0 Å². The smallest absolute Gasteiger partial charge is 0.322 e. The number of anilines is 1. The SMILES string of the molecule is CCCC[C@H](N)C(=O)Nc1cc(C(F)(F)F)ccc1F. The number of amides is 1. The molecule has 0 saturated heterocycles. The lowest BCUT2D eigenvalue weighted by molar-refractivity contribution is -0.137. The number of nitrogens with two attached hydrogens (primary N) is 1. The molecule has 0 aliphatic carbocycles. The van der Waals surface area contributed by atoms with Gasteiger partial charge >= 0.3 is 6.18 Å². The maximum Gasteiger partial charge on any atom is 0.416 e. The number of alkyl halides is 3. The molecule has 0 spiro atoms. The summed E-state index contributed by atoms with van der Waals surface area (Å²) in [5.41, 5.74) is 4.02. The average molecular weight is 292 g/mol. The van der Waals surface area contributed by atoms with Crippen LogP contribution in [0.15, 0.2) is 18.2 Å². The molecule has 7 heteroatoms. The van der Waals surface area contributed by atoms with Gasteiger partial charge in [0, 0.05) is 0 Å². The first kappa shape index (κ1) is 16.4. The molecule has 0 radical (unpaired) electrons. The van der Waals surface area contributed by atoms with Gasteiger partial charge in [-0.2, -0.15) is 13.2 Å². The van der Waals surface area contributed by atoms with Crippen LogP contribution in [0, 0.1) is 5.82 Å². The van der Waals surface area contributed by atoms with Gasteiger partial charge in [0.15, 0.2) is 0 Å². The van der Waals surface area contributed by atoms with Crippen LogP contribution in [0.25, 0.3) is 0 Å². The number of hydrogen-bond donors (Lipinski definition) is 2. The van der Waals surface area contributed by atoms with Crippen LogP contribution in [0.2, 0.25) is 0 Å². The van der Waals surface area contributed by atoms with E-state index in [0.29, 0.717) is 31.0 Å². The molecule has 0 bridgehead atoms. The summed E-state index contributed by atoms with van der Waals surface area (Å²) < 4.78 is 50.9. The molecule has 112 valence electrons. The van der Waals surface area contributed by atoms with Crippen molar-refractivity contribution in [1.82, 2.24) is 0 Å². The first-order valence-electron chi connectivity index (χ1n) is 6.19. The van der Waals surface area contributed by atoms with E-state index in [0.717, 1.165) is 6.42 Å². The van der Waals surface area contributed by atoms with Crippen molar-refractivity contribution in [3.8, 4) is 0 Å². The van der Waals surface area contributed by atoms with Gasteiger partial charge in [0.2, 0.25) is 5.91 Å². The second-order valence-electron chi connectivity index (χ2n) is 4.43. The van der Waals surface area contributed by atoms with Crippen LogP contribution in [0.4, 0.5) is 23.2 Å². The van der Waals surface area contributed by atoms with Crippen LogP contribution in [0.1, 0.15) is 31.7 Å². The molecule has 20 heavy (non-hydrogen) atoms. The number of benzene rings is 1. The molecule has 0 heterocycles. The van der Waals surface area contributed by atoms with Crippen molar-refractivity contribution in [2.24, 2.45) is 5.73 Å². The maximum absolute atomic E-state index is 13.4. The lowest BCUT2D eigenvalue weighted by Crippen LogP contribution is -2.35. The maximum atomic E-state index is 13.4. The Kier molecular flexibility index (Phi) is 5.50. The molecule has 1 atom stereocenters. The molecule has 1 amide bonds. The molecule has 0 unspecified atom stereocenters. The third-order valence-corrected chi connectivity index (χ3v) is 2.76. The van der Waals surface area contributed by atoms with E-state index in [4.69, 9.17) is 5.73 Å². The molecule has 0 aliphatic rings. The third-order valence-electron chi connectivity index (χ3n) is 2.76. The Bertz CT molecular complexity index is 474. The molecule has 0 fully saturated rings. The van der Waals surface area contributed by atoms with E-state index >= 15 is 0 Å². The minimum atomic E-state index is -4.60. The first-order valence-corrected chi connectivity index (χ1v) is 6.19. The van der Waals surface area contributed by atoms with Gasteiger partial charge in [-0.05, 0) is 24.6 Å². The van der Waals surface area contributed by atoms with Crippen LogP contribution in [-0.4, -0.2) is 11.9 Å². The van der Waals surface area contributed by atoms with E-state index in [-0.39, 0.29) is 0 Å². The van der Waals surface area contributed by atoms with Crippen LogP contribution in [-0.2, 0) is 11.0 Å². The third kappa shape index (κ3) is 4.48.